The van der Waals surface area contributed by atoms with E-state index >= 15 is 0 Å². The largest absolute Gasteiger partial charge is 0.383 e. The van der Waals surface area contributed by atoms with E-state index in [-0.39, 0.29) is 30.7 Å². The maximum Gasteiger partial charge on any atom is 0.240 e. The molecule has 1 atom stereocenters. The van der Waals surface area contributed by atoms with Gasteiger partial charge in [0.15, 0.2) is 0 Å². The minimum absolute atomic E-state index is 0. The molecular weight excluding hydrogens is 311 g/mol. The standard InChI is InChI=1S/C15H21FN2O3.ClH/c1-20-10-13(17)14(19)18-15(5-7-21-8-6-15)11-3-2-4-12(16)9-11;/h2-4,9,13H,5-8,10,17H2,1H3,(H,18,19);1H. The first-order chi connectivity index (χ1) is 10.1. The molecule has 1 aromatic carbocycles. The van der Waals surface area contributed by atoms with Crippen LogP contribution in [0, 0.1) is 5.82 Å². The van der Waals surface area contributed by atoms with Crippen LogP contribution in [0.1, 0.15) is 18.4 Å². The SMILES string of the molecule is COCC(N)C(=O)NC1(c2cccc(F)c2)CCOCC1.Cl. The lowest BCUT2D eigenvalue weighted by atomic mass is 9.82. The lowest BCUT2D eigenvalue weighted by Gasteiger charge is -2.39. The van der Waals surface area contributed by atoms with Crippen molar-refractivity contribution in [3.63, 3.8) is 0 Å². The fourth-order valence-electron chi connectivity index (χ4n) is 2.58. The Bertz CT molecular complexity index is 495. The van der Waals surface area contributed by atoms with Crippen molar-refractivity contribution in [2.45, 2.75) is 24.4 Å². The Morgan fingerprint density at radius 3 is 2.77 bits per heavy atom. The van der Waals surface area contributed by atoms with Crippen LogP contribution in [0.3, 0.4) is 0 Å². The first kappa shape index (κ1) is 18.8. The van der Waals surface area contributed by atoms with Crippen LogP contribution in [0.15, 0.2) is 24.3 Å². The van der Waals surface area contributed by atoms with E-state index in [0.29, 0.717) is 26.1 Å². The third kappa shape index (κ3) is 4.39. The van der Waals surface area contributed by atoms with Gasteiger partial charge in [0.1, 0.15) is 11.9 Å². The molecule has 7 heteroatoms. The van der Waals surface area contributed by atoms with E-state index in [1.54, 1.807) is 6.07 Å². The van der Waals surface area contributed by atoms with Crippen LogP contribution >= 0.6 is 12.4 Å². The number of hydrogen-bond donors (Lipinski definition) is 2. The van der Waals surface area contributed by atoms with Crippen molar-refractivity contribution < 1.29 is 18.7 Å². The van der Waals surface area contributed by atoms with Crippen molar-refractivity contribution in [3.05, 3.63) is 35.6 Å². The lowest BCUT2D eigenvalue weighted by molar-refractivity contribution is -0.127. The Morgan fingerprint density at radius 1 is 1.50 bits per heavy atom. The Balaban J connectivity index is 0.00000242. The molecule has 1 aliphatic rings. The van der Waals surface area contributed by atoms with Crippen LogP contribution in [-0.4, -0.2) is 38.9 Å². The number of halogens is 2. The monoisotopic (exact) mass is 332 g/mol. The van der Waals surface area contributed by atoms with Gasteiger partial charge in [-0.25, -0.2) is 4.39 Å². The molecule has 0 saturated carbocycles. The van der Waals surface area contributed by atoms with Crippen LogP contribution in [0.5, 0.6) is 0 Å². The number of amides is 1. The summed E-state index contributed by atoms with van der Waals surface area (Å²) >= 11 is 0. The molecule has 22 heavy (non-hydrogen) atoms. The molecule has 3 N–H and O–H groups in total. The third-order valence-electron chi connectivity index (χ3n) is 3.77. The molecule has 1 saturated heterocycles. The van der Waals surface area contributed by atoms with Crippen LogP contribution < -0.4 is 11.1 Å². The topological polar surface area (TPSA) is 73.6 Å². The zero-order chi connectivity index (χ0) is 15.3. The molecule has 1 unspecified atom stereocenters. The van der Waals surface area contributed by atoms with Crippen molar-refractivity contribution in [1.29, 1.82) is 0 Å². The molecule has 0 radical (unpaired) electrons. The summed E-state index contributed by atoms with van der Waals surface area (Å²) in [5.41, 5.74) is 5.87. The molecule has 1 aromatic rings. The molecule has 1 heterocycles. The van der Waals surface area contributed by atoms with E-state index in [1.807, 2.05) is 6.07 Å². The van der Waals surface area contributed by atoms with E-state index in [0.717, 1.165) is 5.56 Å². The normalized spacial score (nSPS) is 18.1. The molecule has 1 fully saturated rings. The maximum atomic E-state index is 13.5. The van der Waals surface area contributed by atoms with Gasteiger partial charge in [-0.05, 0) is 30.5 Å². The van der Waals surface area contributed by atoms with Crippen LogP contribution in [0.25, 0.3) is 0 Å². The Kier molecular flexibility index (Phi) is 7.22. The number of ether oxygens (including phenoxy) is 2. The molecule has 0 aromatic heterocycles. The summed E-state index contributed by atoms with van der Waals surface area (Å²) in [5.74, 6) is -0.628. The van der Waals surface area contributed by atoms with E-state index in [1.165, 1.54) is 19.2 Å². The smallest absolute Gasteiger partial charge is 0.240 e. The molecule has 5 nitrogen and oxygen atoms in total. The molecule has 0 aliphatic carbocycles. The van der Waals surface area contributed by atoms with E-state index < -0.39 is 11.6 Å². The van der Waals surface area contributed by atoms with Crippen molar-refractivity contribution in [2.24, 2.45) is 5.73 Å². The van der Waals surface area contributed by atoms with Crippen molar-refractivity contribution in [2.75, 3.05) is 26.9 Å². The highest BCUT2D eigenvalue weighted by Crippen LogP contribution is 2.32. The van der Waals surface area contributed by atoms with Crippen LogP contribution in [-0.2, 0) is 19.8 Å². The van der Waals surface area contributed by atoms with E-state index in [9.17, 15) is 9.18 Å². The van der Waals surface area contributed by atoms with Crippen molar-refractivity contribution in [1.82, 2.24) is 5.32 Å². The number of nitrogens with two attached hydrogens (primary N) is 1. The molecule has 1 aliphatic heterocycles. The number of methoxy groups -OCH3 is 1. The van der Waals surface area contributed by atoms with Crippen molar-refractivity contribution >= 4 is 18.3 Å². The summed E-state index contributed by atoms with van der Waals surface area (Å²) in [6.07, 6.45) is 1.17. The molecule has 2 rings (SSSR count). The average molecular weight is 333 g/mol. The number of rotatable bonds is 5. The second-order valence-corrected chi connectivity index (χ2v) is 5.26. The average Bonchev–Trinajstić information content (AvgIpc) is 2.48. The predicted octanol–water partition coefficient (Wildman–Crippen LogP) is 1.34. The predicted molar refractivity (Wildman–Crippen MR) is 83.4 cm³/mol. The van der Waals surface area contributed by atoms with E-state index in [2.05, 4.69) is 5.32 Å². The zero-order valence-electron chi connectivity index (χ0n) is 12.5. The number of nitrogens with one attached hydrogen (secondary N) is 1. The second-order valence-electron chi connectivity index (χ2n) is 5.26. The second kappa shape index (κ2) is 8.43. The number of carbonyl (C=O) groups excluding carboxylic acids is 1. The fourth-order valence-corrected chi connectivity index (χ4v) is 2.58. The van der Waals surface area contributed by atoms with Gasteiger partial charge < -0.3 is 20.5 Å². The number of hydrogen-bond acceptors (Lipinski definition) is 4. The summed E-state index contributed by atoms with van der Waals surface area (Å²) in [7, 11) is 1.49. The van der Waals surface area contributed by atoms with Gasteiger partial charge in [-0.2, -0.15) is 0 Å². The highest BCUT2D eigenvalue weighted by atomic mass is 35.5. The van der Waals surface area contributed by atoms with Gasteiger partial charge in [0.25, 0.3) is 0 Å². The summed E-state index contributed by atoms with van der Waals surface area (Å²) in [6, 6.07) is 5.55. The Hall–Kier alpha value is -1.21. The molecule has 0 bridgehead atoms. The fraction of sp³-hybridized carbons (Fsp3) is 0.533. The lowest BCUT2D eigenvalue weighted by Crippen LogP contribution is -2.55. The molecule has 0 spiro atoms. The highest BCUT2D eigenvalue weighted by Gasteiger charge is 2.37. The van der Waals surface area contributed by atoms with Crippen molar-refractivity contribution in [3.8, 4) is 0 Å². The molecule has 124 valence electrons. The van der Waals surface area contributed by atoms with Gasteiger partial charge in [0.2, 0.25) is 5.91 Å². The first-order valence-electron chi connectivity index (χ1n) is 6.98. The third-order valence-corrected chi connectivity index (χ3v) is 3.77. The van der Waals surface area contributed by atoms with Gasteiger partial charge in [0, 0.05) is 20.3 Å². The molecule has 1 amide bonds. The number of benzene rings is 1. The van der Waals surface area contributed by atoms with Gasteiger partial charge >= 0.3 is 0 Å². The van der Waals surface area contributed by atoms with Crippen LogP contribution in [0.4, 0.5) is 4.39 Å². The van der Waals surface area contributed by atoms with Gasteiger partial charge in [-0.1, -0.05) is 12.1 Å². The summed E-state index contributed by atoms with van der Waals surface area (Å²) in [5, 5.41) is 2.97. The minimum Gasteiger partial charge on any atom is -0.383 e. The Morgan fingerprint density at radius 2 is 2.18 bits per heavy atom. The van der Waals surface area contributed by atoms with E-state index in [4.69, 9.17) is 15.2 Å². The van der Waals surface area contributed by atoms with Gasteiger partial charge in [-0.15, -0.1) is 12.4 Å². The number of carbonyl (C=O) groups is 1. The Labute approximate surface area is 135 Å². The summed E-state index contributed by atoms with van der Waals surface area (Å²) < 4.78 is 23.8. The van der Waals surface area contributed by atoms with Crippen LogP contribution in [0.2, 0.25) is 0 Å². The summed E-state index contributed by atoms with van der Waals surface area (Å²) in [6.45, 7) is 1.16. The van der Waals surface area contributed by atoms with Gasteiger partial charge in [0.05, 0.1) is 12.1 Å². The summed E-state index contributed by atoms with van der Waals surface area (Å²) in [4.78, 5) is 12.2. The van der Waals surface area contributed by atoms with Gasteiger partial charge in [-0.3, -0.25) is 4.79 Å². The maximum absolute atomic E-state index is 13.5. The quantitative estimate of drug-likeness (QED) is 0.853. The highest BCUT2D eigenvalue weighted by molar-refractivity contribution is 5.85. The molecular formula is C15H22ClFN2O3. The minimum atomic E-state index is -0.747. The zero-order valence-corrected chi connectivity index (χ0v) is 13.3. The first-order valence-corrected chi connectivity index (χ1v) is 6.98.